The lowest BCUT2D eigenvalue weighted by Gasteiger charge is -2.21. The van der Waals surface area contributed by atoms with E-state index in [9.17, 15) is 0 Å². The second kappa shape index (κ2) is 10.6. The first kappa shape index (κ1) is 17.7. The van der Waals surface area contributed by atoms with Crippen LogP contribution in [-0.2, 0) is 0 Å². The van der Waals surface area contributed by atoms with Gasteiger partial charge in [0.25, 0.3) is 0 Å². The molecule has 2 atom stereocenters. The summed E-state index contributed by atoms with van der Waals surface area (Å²) in [5, 5.41) is 0. The molecule has 0 aromatic rings. The minimum absolute atomic E-state index is 0.846. The van der Waals surface area contributed by atoms with Gasteiger partial charge in [-0.25, -0.2) is 0 Å². The normalized spacial score (nSPS) is 16.3. The third-order valence-corrected chi connectivity index (χ3v) is 4.47. The van der Waals surface area contributed by atoms with Gasteiger partial charge in [-0.15, -0.1) is 0 Å². The van der Waals surface area contributed by atoms with E-state index >= 15 is 0 Å². The molecule has 0 bridgehead atoms. The summed E-state index contributed by atoms with van der Waals surface area (Å²) >= 11 is 0. The van der Waals surface area contributed by atoms with Crippen LogP contribution in [0, 0.1) is 11.8 Å². The Morgan fingerprint density at radius 1 is 0.778 bits per heavy atom. The number of allylic oxidation sites excluding steroid dienone is 2. The lowest BCUT2D eigenvalue weighted by atomic mass is 9.85. The molecular formula is C18H36. The zero-order chi connectivity index (χ0) is 14.0. The summed E-state index contributed by atoms with van der Waals surface area (Å²) in [5.74, 6) is 1.73. The molecule has 0 aliphatic rings. The van der Waals surface area contributed by atoms with Crippen LogP contribution in [0.4, 0.5) is 0 Å². The van der Waals surface area contributed by atoms with Gasteiger partial charge in [-0.3, -0.25) is 0 Å². The Morgan fingerprint density at radius 2 is 1.44 bits per heavy atom. The smallest absolute Gasteiger partial charge is 0.0292 e. The van der Waals surface area contributed by atoms with Crippen LogP contribution in [0.5, 0.6) is 0 Å². The summed E-state index contributed by atoms with van der Waals surface area (Å²) in [7, 11) is 0. The number of unbranched alkanes of at least 4 members (excludes halogenated alkanes) is 3. The fraction of sp³-hybridized carbons (Fsp3) is 0.889. The first-order valence-corrected chi connectivity index (χ1v) is 8.18. The van der Waals surface area contributed by atoms with E-state index < -0.39 is 0 Å². The van der Waals surface area contributed by atoms with E-state index in [4.69, 9.17) is 0 Å². The van der Waals surface area contributed by atoms with Gasteiger partial charge in [0.1, 0.15) is 0 Å². The second-order valence-electron chi connectivity index (χ2n) is 6.32. The number of hydrogen-bond acceptors (Lipinski definition) is 0. The third kappa shape index (κ3) is 7.95. The van der Waals surface area contributed by atoms with Crippen LogP contribution in [0.1, 0.15) is 92.9 Å². The molecule has 0 saturated heterocycles. The molecule has 108 valence electrons. The fourth-order valence-electron chi connectivity index (χ4n) is 2.62. The van der Waals surface area contributed by atoms with Gasteiger partial charge in [0, 0.05) is 0 Å². The van der Waals surface area contributed by atoms with Crippen molar-refractivity contribution in [2.45, 2.75) is 92.9 Å². The Balaban J connectivity index is 3.99. The van der Waals surface area contributed by atoms with E-state index in [2.05, 4.69) is 41.5 Å². The van der Waals surface area contributed by atoms with Crippen LogP contribution in [0.25, 0.3) is 0 Å². The van der Waals surface area contributed by atoms with Crippen LogP contribution >= 0.6 is 0 Å². The first-order chi connectivity index (χ1) is 8.52. The quantitative estimate of drug-likeness (QED) is 0.298. The van der Waals surface area contributed by atoms with E-state index in [1.54, 1.807) is 11.1 Å². The molecule has 0 heterocycles. The van der Waals surface area contributed by atoms with Crippen LogP contribution in [-0.4, -0.2) is 0 Å². The Bertz CT molecular complexity index is 224. The topological polar surface area (TPSA) is 0 Å². The van der Waals surface area contributed by atoms with Gasteiger partial charge < -0.3 is 0 Å². The average Bonchev–Trinajstić information content (AvgIpc) is 2.34. The molecule has 0 aliphatic heterocycles. The molecular weight excluding hydrogens is 216 g/mol. The van der Waals surface area contributed by atoms with Crippen molar-refractivity contribution in [2.75, 3.05) is 0 Å². The highest BCUT2D eigenvalue weighted by Gasteiger charge is 2.13. The second-order valence-corrected chi connectivity index (χ2v) is 6.32. The van der Waals surface area contributed by atoms with Gasteiger partial charge in [-0.05, 0) is 38.5 Å². The van der Waals surface area contributed by atoms with Crippen LogP contribution in [0.2, 0.25) is 0 Å². The highest BCUT2D eigenvalue weighted by molar-refractivity contribution is 5.10. The minimum atomic E-state index is 0.846. The summed E-state index contributed by atoms with van der Waals surface area (Å²) in [6.45, 7) is 14.1. The molecule has 0 amide bonds. The maximum absolute atomic E-state index is 2.44. The van der Waals surface area contributed by atoms with Gasteiger partial charge in [0.05, 0.1) is 0 Å². The molecule has 0 nitrogen and oxygen atoms in total. The summed E-state index contributed by atoms with van der Waals surface area (Å²) in [4.78, 5) is 0. The maximum atomic E-state index is 2.44. The van der Waals surface area contributed by atoms with Crippen molar-refractivity contribution >= 4 is 0 Å². The Hall–Kier alpha value is -0.260. The average molecular weight is 252 g/mol. The highest BCUT2D eigenvalue weighted by atomic mass is 14.2. The summed E-state index contributed by atoms with van der Waals surface area (Å²) in [6, 6.07) is 0. The van der Waals surface area contributed by atoms with Crippen molar-refractivity contribution in [1.29, 1.82) is 0 Å². The van der Waals surface area contributed by atoms with Gasteiger partial charge in [0.2, 0.25) is 0 Å². The van der Waals surface area contributed by atoms with E-state index in [1.807, 2.05) is 0 Å². The molecule has 0 aromatic carbocycles. The standard InChI is InChI=1S/C18H36/c1-7-9-10-11-13-16(4)18(6)14-17(5)15(3)12-8-2/h16,18H,7-14H2,1-6H3. The molecule has 18 heavy (non-hydrogen) atoms. The van der Waals surface area contributed by atoms with Gasteiger partial charge in [-0.2, -0.15) is 0 Å². The maximum Gasteiger partial charge on any atom is -0.0292 e. The predicted molar refractivity (Wildman–Crippen MR) is 85.0 cm³/mol. The molecule has 0 spiro atoms. The monoisotopic (exact) mass is 252 g/mol. The van der Waals surface area contributed by atoms with Crippen molar-refractivity contribution < 1.29 is 0 Å². The third-order valence-electron chi connectivity index (χ3n) is 4.47. The number of rotatable bonds is 10. The molecule has 0 rings (SSSR count). The molecule has 0 radical (unpaired) electrons. The first-order valence-electron chi connectivity index (χ1n) is 8.18. The molecule has 0 heteroatoms. The van der Waals surface area contributed by atoms with Crippen molar-refractivity contribution in [3.05, 3.63) is 11.1 Å². The Morgan fingerprint density at radius 3 is 2.00 bits per heavy atom. The van der Waals surface area contributed by atoms with Crippen molar-refractivity contribution in [3.63, 3.8) is 0 Å². The van der Waals surface area contributed by atoms with E-state index in [0.29, 0.717) is 0 Å². The minimum Gasteiger partial charge on any atom is -0.0744 e. The molecule has 0 N–H and O–H groups in total. The molecule has 0 aromatic heterocycles. The summed E-state index contributed by atoms with van der Waals surface area (Å²) in [6.07, 6.45) is 10.9. The zero-order valence-electron chi connectivity index (χ0n) is 13.8. The van der Waals surface area contributed by atoms with Crippen LogP contribution < -0.4 is 0 Å². The van der Waals surface area contributed by atoms with Gasteiger partial charge >= 0.3 is 0 Å². The zero-order valence-corrected chi connectivity index (χ0v) is 13.8. The Labute approximate surface area is 116 Å². The predicted octanol–water partition coefficient (Wildman–Crippen LogP) is 6.76. The van der Waals surface area contributed by atoms with Gasteiger partial charge in [-0.1, -0.05) is 77.4 Å². The van der Waals surface area contributed by atoms with Gasteiger partial charge in [0.15, 0.2) is 0 Å². The van der Waals surface area contributed by atoms with E-state index in [0.717, 1.165) is 11.8 Å². The van der Waals surface area contributed by atoms with E-state index in [1.165, 1.54) is 51.4 Å². The Kier molecular flexibility index (Phi) is 10.5. The number of hydrogen-bond donors (Lipinski definition) is 0. The van der Waals surface area contributed by atoms with Crippen LogP contribution in [0.3, 0.4) is 0 Å². The summed E-state index contributed by atoms with van der Waals surface area (Å²) in [5.41, 5.74) is 3.27. The summed E-state index contributed by atoms with van der Waals surface area (Å²) < 4.78 is 0. The molecule has 0 saturated carbocycles. The molecule has 0 fully saturated rings. The van der Waals surface area contributed by atoms with Crippen molar-refractivity contribution in [3.8, 4) is 0 Å². The van der Waals surface area contributed by atoms with Crippen LogP contribution in [0.15, 0.2) is 11.1 Å². The van der Waals surface area contributed by atoms with Crippen molar-refractivity contribution in [2.24, 2.45) is 11.8 Å². The van der Waals surface area contributed by atoms with E-state index in [-0.39, 0.29) is 0 Å². The SMILES string of the molecule is CCCCCCC(C)C(C)CC(C)=C(C)CCC. The lowest BCUT2D eigenvalue weighted by Crippen LogP contribution is -2.09. The fourth-order valence-corrected chi connectivity index (χ4v) is 2.62. The largest absolute Gasteiger partial charge is 0.0744 e. The molecule has 0 aliphatic carbocycles. The lowest BCUT2D eigenvalue weighted by molar-refractivity contribution is 0.348. The highest BCUT2D eigenvalue weighted by Crippen LogP contribution is 2.26. The van der Waals surface area contributed by atoms with Crippen molar-refractivity contribution in [1.82, 2.24) is 0 Å². The molecule has 2 unspecified atom stereocenters.